The number of nitriles is 4. The number of rotatable bonds is 16. The molecule has 0 saturated heterocycles. The van der Waals surface area contributed by atoms with Gasteiger partial charge in [-0.1, -0.05) is 231 Å². The van der Waals surface area contributed by atoms with Crippen LogP contribution >= 0.6 is 47.3 Å². The van der Waals surface area contributed by atoms with Crippen LogP contribution in [0.4, 0.5) is 136 Å². The Hall–Kier alpha value is -16.0. The first-order valence-electron chi connectivity index (χ1n) is 42.7. The molecule has 0 fully saturated rings. The minimum Gasteiger partial charge on any atom is -0.311 e. The normalized spacial score (nSPS) is 11.8. The standard InChI is InChI=1S/C56H34B2N6.C56H40N6.BBr3/c59-35-37-29-31-49-53-55(37)63(41-21-9-3-10-22-41)51-34-52-46(33-45(51)57(53)43-25-13-15-27-47(43)61(49)39-17-5-1-6-18-39)58-44-26-14-16-28-48(44)62(40-19-7-2-8-20-40)50-32-30-38(36-60)56(54(50)58)64(52)42-23-11-4-12-24-42;57-41-43-34-36-53(59(45-20-7-1-8-21-45)46-22-9-2-10-23-46)39-55(43)61(49-28-15-5-16-29-49)51-32-19-33-52(38-51)62(50-30-17-6-18-31-50)56-40-54(37-35-44(56)42-58)60(47-24-11-3-12-25-47)48-26-13-4-14-27-48;2-1(3)4/h1-34H;1-40H;. The van der Waals surface area contributed by atoms with E-state index in [1.165, 1.54) is 10.9 Å². The van der Waals surface area contributed by atoms with E-state index in [1.54, 1.807) is 0 Å². The van der Waals surface area contributed by atoms with Crippen LogP contribution in [0, 0.1) is 45.3 Å². The summed E-state index contributed by atoms with van der Waals surface area (Å²) in [6.45, 7) is -0.406. The van der Waals surface area contributed by atoms with Gasteiger partial charge in [-0.2, -0.15) is 21.0 Å². The van der Waals surface area contributed by atoms with Crippen molar-refractivity contribution in [3.63, 3.8) is 0 Å². The fraction of sp³-hybridized carbons (Fsp3) is 0. The van der Waals surface area contributed by atoms with Gasteiger partial charge < -0.3 is 39.2 Å². The zero-order valence-electron chi connectivity index (χ0n) is 70.0. The monoisotopic (exact) mass is 1860 g/mol. The van der Waals surface area contributed by atoms with E-state index in [4.69, 9.17) is 0 Å². The predicted molar refractivity (Wildman–Crippen MR) is 551 cm³/mol. The fourth-order valence-electron chi connectivity index (χ4n) is 18.9. The highest BCUT2D eigenvalue weighted by Crippen LogP contribution is 2.52. The van der Waals surface area contributed by atoms with Gasteiger partial charge in [-0.05, 0) is 251 Å². The Labute approximate surface area is 782 Å². The van der Waals surface area contributed by atoms with Gasteiger partial charge in [0.05, 0.1) is 45.0 Å². The highest BCUT2D eigenvalue weighted by Gasteiger charge is 2.49. The second kappa shape index (κ2) is 36.5. The molecule has 0 amide bonds. The third kappa shape index (κ3) is 15.3. The minimum absolute atomic E-state index is 0.203. The molecule has 0 spiro atoms. The molecule has 0 N–H and O–H groups in total. The Morgan fingerprint density at radius 1 is 0.208 bits per heavy atom. The zero-order valence-corrected chi connectivity index (χ0v) is 74.7. The lowest BCUT2D eigenvalue weighted by molar-refractivity contribution is 1.22. The maximum absolute atomic E-state index is 11.1. The van der Waals surface area contributed by atoms with Crippen LogP contribution in [0.2, 0.25) is 0 Å². The summed E-state index contributed by atoms with van der Waals surface area (Å²) in [5, 5.41) is 43.6. The van der Waals surface area contributed by atoms with Crippen molar-refractivity contribution in [1.29, 1.82) is 21.0 Å². The highest BCUT2D eigenvalue weighted by atomic mass is 79.9. The van der Waals surface area contributed by atoms with Crippen LogP contribution in [0.5, 0.6) is 0 Å². The van der Waals surface area contributed by atoms with Gasteiger partial charge in [0.15, 0.2) is 0 Å². The summed E-state index contributed by atoms with van der Waals surface area (Å²) < 4.78 is 0.271. The van der Waals surface area contributed by atoms with Crippen molar-refractivity contribution in [2.75, 3.05) is 39.2 Å². The third-order valence-electron chi connectivity index (χ3n) is 24.1. The largest absolute Gasteiger partial charge is 0.369 e. The number of anilines is 24. The van der Waals surface area contributed by atoms with Crippen LogP contribution in [-0.2, 0) is 0 Å². The maximum Gasteiger partial charge on any atom is 0.369 e. The number of para-hydroxylation sites is 12. The van der Waals surface area contributed by atoms with Crippen molar-refractivity contribution in [3.8, 4) is 24.3 Å². The number of fused-ring (bicyclic) bond motifs is 8. The molecule has 4 aliphatic heterocycles. The molecule has 0 atom stereocenters. The summed E-state index contributed by atoms with van der Waals surface area (Å²) in [6.07, 6.45) is 0. The minimum atomic E-state index is -0.203. The molecule has 22 rings (SSSR count). The van der Waals surface area contributed by atoms with Crippen molar-refractivity contribution in [3.05, 3.63) is 471 Å². The van der Waals surface area contributed by atoms with Crippen molar-refractivity contribution >= 4 is 233 Å². The first-order valence-corrected chi connectivity index (χ1v) is 45.4. The van der Waals surface area contributed by atoms with Crippen LogP contribution < -0.4 is 72.0 Å². The van der Waals surface area contributed by atoms with Crippen LogP contribution in [0.15, 0.2) is 449 Å². The van der Waals surface area contributed by atoms with Gasteiger partial charge in [-0.3, -0.25) is 0 Å². The topological polar surface area (TPSA) is 121 Å². The molecule has 130 heavy (non-hydrogen) atoms. The SMILES string of the molecule is BrB(Br)Br.N#Cc1ccc(N(c2ccccc2)c2ccccc2)cc1N(c1ccccc1)c1cccc(N(c2ccccc2)c2cc(N(c3ccccc3)c3ccccc3)ccc2C#N)c1.N#Cc1ccc2c3c1N(c1ccccc1)c1cc4c(cc1B3c1ccccc1N2c1ccccc1)B1c2ccccc2N(c2ccccc2)c2ccc(C#N)c(c21)N4c1ccccc1. The first-order chi connectivity index (χ1) is 64.2. The van der Waals surface area contributed by atoms with E-state index in [2.05, 4.69) is 396 Å². The summed E-state index contributed by atoms with van der Waals surface area (Å²) in [5.41, 5.74) is 31.8. The predicted octanol–water partition coefficient (Wildman–Crippen LogP) is 27.1. The van der Waals surface area contributed by atoms with Crippen molar-refractivity contribution in [2.45, 2.75) is 0 Å². The number of benzene rings is 18. The van der Waals surface area contributed by atoms with Crippen LogP contribution in [0.25, 0.3) is 0 Å². The Bertz CT molecular complexity index is 6900. The summed E-state index contributed by atoms with van der Waals surface area (Å²) >= 11 is 9.31. The van der Waals surface area contributed by atoms with Gasteiger partial charge in [0.2, 0.25) is 0 Å². The molecule has 0 unspecified atom stereocenters. The zero-order chi connectivity index (χ0) is 88.1. The first kappa shape index (κ1) is 82.2. The molecule has 0 bridgehead atoms. The molecule has 18 heteroatoms. The Morgan fingerprint density at radius 3 is 0.769 bits per heavy atom. The Kier molecular flexibility index (Phi) is 23.1. The number of nitrogens with zero attached hydrogens (tertiary/aromatic N) is 12. The van der Waals surface area contributed by atoms with Crippen LogP contribution in [0.1, 0.15) is 22.3 Å². The molecule has 12 nitrogen and oxygen atoms in total. The molecule has 0 aliphatic carbocycles. The molecular weight excluding hydrogens is 1790 g/mol. The van der Waals surface area contributed by atoms with E-state index in [0.717, 1.165) is 158 Å². The lowest BCUT2D eigenvalue weighted by Gasteiger charge is -2.47. The maximum atomic E-state index is 11.1. The van der Waals surface area contributed by atoms with Crippen LogP contribution in [0.3, 0.4) is 0 Å². The second-order valence-corrected chi connectivity index (χ2v) is 37.8. The lowest BCUT2D eigenvalue weighted by atomic mass is 9.30. The smallest absolute Gasteiger partial charge is 0.311 e. The molecule has 0 aromatic heterocycles. The van der Waals surface area contributed by atoms with Crippen LogP contribution in [-0.4, -0.2) is 16.6 Å². The molecule has 4 aliphatic rings. The highest BCUT2D eigenvalue weighted by molar-refractivity contribution is 9.69. The third-order valence-corrected chi connectivity index (χ3v) is 24.1. The molecule has 0 radical (unpaired) electrons. The van der Waals surface area contributed by atoms with Gasteiger partial charge in [0.1, 0.15) is 24.3 Å². The summed E-state index contributed by atoms with van der Waals surface area (Å²) in [6, 6.07) is 164. The number of halogens is 3. The number of hydrogen-bond acceptors (Lipinski definition) is 12. The van der Waals surface area contributed by atoms with Gasteiger partial charge in [0.25, 0.3) is 13.4 Å². The van der Waals surface area contributed by atoms with Crippen molar-refractivity contribution in [1.82, 2.24) is 0 Å². The Balaban J connectivity index is 0.000000156. The molecule has 18 aromatic carbocycles. The molecule has 612 valence electrons. The summed E-state index contributed by atoms with van der Waals surface area (Å²) in [4.78, 5) is 18.0. The van der Waals surface area contributed by atoms with Gasteiger partial charge in [-0.25, -0.2) is 0 Å². The summed E-state index contributed by atoms with van der Waals surface area (Å²) in [5.74, 6) is 0. The Morgan fingerprint density at radius 2 is 0.462 bits per heavy atom. The average Bonchev–Trinajstić information content (AvgIpc) is 0.679. The van der Waals surface area contributed by atoms with Crippen molar-refractivity contribution < 1.29 is 0 Å². The molecule has 4 heterocycles. The van der Waals surface area contributed by atoms with Gasteiger partial charge in [-0.15, -0.1) is 47.3 Å². The second-order valence-electron chi connectivity index (χ2n) is 31.4. The summed E-state index contributed by atoms with van der Waals surface area (Å²) in [7, 11) is 0. The van der Waals surface area contributed by atoms with E-state index in [-0.39, 0.29) is 16.6 Å². The van der Waals surface area contributed by atoms with Gasteiger partial charge >= 0.3 is 3.18 Å². The average molecular weight is 1860 g/mol. The fourth-order valence-corrected chi connectivity index (χ4v) is 18.9. The molecular formula is C112H74B3Br3N12. The van der Waals surface area contributed by atoms with E-state index in [1.807, 2.05) is 164 Å². The van der Waals surface area contributed by atoms with Gasteiger partial charge in [0, 0.05) is 114 Å². The van der Waals surface area contributed by atoms with E-state index in [9.17, 15) is 21.0 Å². The quantitative estimate of drug-likeness (QED) is 0.0856. The lowest BCUT2D eigenvalue weighted by Crippen LogP contribution is -2.65. The van der Waals surface area contributed by atoms with Crippen molar-refractivity contribution in [2.24, 2.45) is 0 Å². The number of hydrogen-bond donors (Lipinski definition) is 0. The van der Waals surface area contributed by atoms with E-state index < -0.39 is 0 Å². The molecule has 18 aromatic rings. The van der Waals surface area contributed by atoms with E-state index in [0.29, 0.717) is 22.3 Å². The van der Waals surface area contributed by atoms with E-state index >= 15 is 0 Å². The molecule has 0 saturated carbocycles.